The van der Waals surface area contributed by atoms with Crippen molar-refractivity contribution >= 4 is 11.8 Å². The quantitative estimate of drug-likeness (QED) is 0.842. The first-order valence-electron chi connectivity index (χ1n) is 5.83. The van der Waals surface area contributed by atoms with Crippen molar-refractivity contribution in [3.8, 4) is 0 Å². The van der Waals surface area contributed by atoms with Crippen LogP contribution >= 0.6 is 0 Å². The Balaban J connectivity index is 2.30. The molecule has 4 nitrogen and oxygen atoms in total. The number of hydrogen-bond acceptors (Lipinski definition) is 4. The van der Waals surface area contributed by atoms with Crippen LogP contribution in [-0.4, -0.2) is 23.1 Å². The van der Waals surface area contributed by atoms with Gasteiger partial charge in [0.2, 0.25) is 5.95 Å². The average molecular weight is 260 g/mol. The summed E-state index contributed by atoms with van der Waals surface area (Å²) in [5, 5.41) is 0. The fourth-order valence-corrected chi connectivity index (χ4v) is 2.16. The average Bonchev–Trinajstić information content (AvgIpc) is 2.27. The maximum atomic E-state index is 12.6. The minimum Gasteiger partial charge on any atom is -0.368 e. The number of aromatic nitrogens is 2. The van der Waals surface area contributed by atoms with Crippen molar-refractivity contribution in [2.75, 3.05) is 23.7 Å². The van der Waals surface area contributed by atoms with Crippen molar-refractivity contribution in [2.24, 2.45) is 5.92 Å². The summed E-state index contributed by atoms with van der Waals surface area (Å²) < 4.78 is 37.9. The number of nitrogen functional groups attached to an aromatic ring is 1. The summed E-state index contributed by atoms with van der Waals surface area (Å²) in [4.78, 5) is 8.97. The number of alkyl halides is 3. The minimum absolute atomic E-state index is 0.265. The lowest BCUT2D eigenvalue weighted by Crippen LogP contribution is -2.35. The van der Waals surface area contributed by atoms with Crippen molar-refractivity contribution in [3.63, 3.8) is 0 Å². The van der Waals surface area contributed by atoms with E-state index in [0.717, 1.165) is 18.9 Å². The molecule has 0 amide bonds. The molecule has 0 saturated carbocycles. The first-order chi connectivity index (χ1) is 8.36. The molecule has 1 atom stereocenters. The van der Waals surface area contributed by atoms with E-state index in [1.807, 2.05) is 4.90 Å². The van der Waals surface area contributed by atoms with Gasteiger partial charge in [-0.25, -0.2) is 4.98 Å². The number of halogens is 3. The van der Waals surface area contributed by atoms with Gasteiger partial charge in [-0.3, -0.25) is 0 Å². The van der Waals surface area contributed by atoms with E-state index in [0.29, 0.717) is 19.0 Å². The fraction of sp³-hybridized carbons (Fsp3) is 0.636. The Hall–Kier alpha value is -1.53. The Morgan fingerprint density at radius 2 is 2.11 bits per heavy atom. The van der Waals surface area contributed by atoms with Crippen LogP contribution in [-0.2, 0) is 6.18 Å². The van der Waals surface area contributed by atoms with Gasteiger partial charge in [0.05, 0.1) is 0 Å². The molecule has 1 unspecified atom stereocenters. The van der Waals surface area contributed by atoms with Crippen molar-refractivity contribution in [1.29, 1.82) is 0 Å². The third-order valence-corrected chi connectivity index (χ3v) is 3.00. The topological polar surface area (TPSA) is 55.0 Å². The zero-order chi connectivity index (χ0) is 13.3. The Morgan fingerprint density at radius 1 is 1.39 bits per heavy atom. The van der Waals surface area contributed by atoms with Gasteiger partial charge in [-0.05, 0) is 18.8 Å². The molecule has 2 heterocycles. The van der Waals surface area contributed by atoms with Crippen molar-refractivity contribution < 1.29 is 13.2 Å². The third kappa shape index (κ3) is 2.83. The van der Waals surface area contributed by atoms with E-state index in [9.17, 15) is 13.2 Å². The minimum atomic E-state index is -4.49. The molecule has 100 valence electrons. The standard InChI is InChI=1S/C11H15F3N4/c1-7-3-2-4-18(6-7)9-5-8(11(12,13)14)16-10(15)17-9/h5,7H,2-4,6H2,1H3,(H2,15,16,17). The largest absolute Gasteiger partial charge is 0.433 e. The van der Waals surface area contributed by atoms with Gasteiger partial charge in [-0.2, -0.15) is 18.2 Å². The maximum Gasteiger partial charge on any atom is 0.433 e. The van der Waals surface area contributed by atoms with E-state index in [1.165, 1.54) is 0 Å². The van der Waals surface area contributed by atoms with Crippen molar-refractivity contribution in [2.45, 2.75) is 25.9 Å². The second kappa shape index (κ2) is 4.62. The molecule has 1 aliphatic rings. The highest BCUT2D eigenvalue weighted by molar-refractivity contribution is 5.44. The highest BCUT2D eigenvalue weighted by Crippen LogP contribution is 2.31. The molecule has 0 bridgehead atoms. The molecule has 2 rings (SSSR count). The van der Waals surface area contributed by atoms with Crippen LogP contribution in [0.3, 0.4) is 0 Å². The van der Waals surface area contributed by atoms with Gasteiger partial charge in [-0.1, -0.05) is 6.92 Å². The van der Waals surface area contributed by atoms with Crippen LogP contribution in [0.5, 0.6) is 0 Å². The van der Waals surface area contributed by atoms with Gasteiger partial charge in [0.25, 0.3) is 0 Å². The van der Waals surface area contributed by atoms with Crippen LogP contribution in [0.4, 0.5) is 24.9 Å². The normalized spacial score (nSPS) is 21.1. The molecule has 1 fully saturated rings. The summed E-state index contributed by atoms with van der Waals surface area (Å²) in [6.45, 7) is 3.48. The Bertz CT molecular complexity index is 433. The molecular weight excluding hydrogens is 245 g/mol. The smallest absolute Gasteiger partial charge is 0.368 e. The van der Waals surface area contributed by atoms with E-state index >= 15 is 0 Å². The predicted molar refractivity (Wildman–Crippen MR) is 62.1 cm³/mol. The van der Waals surface area contributed by atoms with E-state index in [-0.39, 0.29) is 11.8 Å². The van der Waals surface area contributed by atoms with E-state index in [4.69, 9.17) is 5.73 Å². The summed E-state index contributed by atoms with van der Waals surface area (Å²) in [5.74, 6) is 0.378. The van der Waals surface area contributed by atoms with Crippen LogP contribution in [0.2, 0.25) is 0 Å². The summed E-state index contributed by atoms with van der Waals surface area (Å²) in [7, 11) is 0. The zero-order valence-corrected chi connectivity index (χ0v) is 10.0. The number of nitrogens with zero attached hydrogens (tertiary/aromatic N) is 3. The number of nitrogens with two attached hydrogens (primary N) is 1. The summed E-state index contributed by atoms with van der Waals surface area (Å²) in [6, 6.07) is 0.967. The molecule has 18 heavy (non-hydrogen) atoms. The first-order valence-corrected chi connectivity index (χ1v) is 5.83. The highest BCUT2D eigenvalue weighted by atomic mass is 19.4. The molecule has 0 aliphatic carbocycles. The summed E-state index contributed by atoms with van der Waals surface area (Å²) >= 11 is 0. The molecule has 1 aliphatic heterocycles. The van der Waals surface area contributed by atoms with Crippen LogP contribution in [0.25, 0.3) is 0 Å². The molecule has 7 heteroatoms. The van der Waals surface area contributed by atoms with E-state index in [2.05, 4.69) is 16.9 Å². The molecule has 1 aromatic rings. The second-order valence-electron chi connectivity index (χ2n) is 4.66. The van der Waals surface area contributed by atoms with Crippen LogP contribution in [0.1, 0.15) is 25.5 Å². The lowest BCUT2D eigenvalue weighted by molar-refractivity contribution is -0.141. The lowest BCUT2D eigenvalue weighted by atomic mass is 10.0. The summed E-state index contributed by atoms with van der Waals surface area (Å²) in [5.41, 5.74) is 4.37. The van der Waals surface area contributed by atoms with E-state index in [1.54, 1.807) is 0 Å². The molecule has 2 N–H and O–H groups in total. The van der Waals surface area contributed by atoms with Crippen molar-refractivity contribution in [1.82, 2.24) is 9.97 Å². The Labute approximate surface area is 103 Å². The number of piperidine rings is 1. The zero-order valence-electron chi connectivity index (χ0n) is 10.0. The molecule has 0 radical (unpaired) electrons. The third-order valence-electron chi connectivity index (χ3n) is 3.00. The SMILES string of the molecule is CC1CCCN(c2cc(C(F)(F)F)nc(N)n2)C1. The number of hydrogen-bond donors (Lipinski definition) is 1. The second-order valence-corrected chi connectivity index (χ2v) is 4.66. The highest BCUT2D eigenvalue weighted by Gasteiger charge is 2.34. The summed E-state index contributed by atoms with van der Waals surface area (Å²) in [6.07, 6.45) is -2.46. The Morgan fingerprint density at radius 3 is 2.72 bits per heavy atom. The van der Waals surface area contributed by atoms with Gasteiger partial charge >= 0.3 is 6.18 Å². The van der Waals surface area contributed by atoms with Gasteiger partial charge in [-0.15, -0.1) is 0 Å². The van der Waals surface area contributed by atoms with Gasteiger partial charge in [0, 0.05) is 19.2 Å². The number of anilines is 2. The van der Waals surface area contributed by atoms with Crippen molar-refractivity contribution in [3.05, 3.63) is 11.8 Å². The van der Waals surface area contributed by atoms with Crippen LogP contribution in [0, 0.1) is 5.92 Å². The van der Waals surface area contributed by atoms with Gasteiger partial charge < -0.3 is 10.6 Å². The number of rotatable bonds is 1. The molecule has 1 aromatic heterocycles. The molecular formula is C11H15F3N4. The Kier molecular flexibility index (Phi) is 3.32. The maximum absolute atomic E-state index is 12.6. The van der Waals surface area contributed by atoms with Crippen LogP contribution < -0.4 is 10.6 Å². The van der Waals surface area contributed by atoms with Gasteiger partial charge in [0.1, 0.15) is 5.82 Å². The van der Waals surface area contributed by atoms with Crippen LogP contribution in [0.15, 0.2) is 6.07 Å². The lowest BCUT2D eigenvalue weighted by Gasteiger charge is -2.32. The fourth-order valence-electron chi connectivity index (χ4n) is 2.16. The molecule has 0 spiro atoms. The molecule has 1 saturated heterocycles. The predicted octanol–water partition coefficient (Wildman–Crippen LogP) is 2.31. The van der Waals surface area contributed by atoms with Gasteiger partial charge in [0.15, 0.2) is 5.69 Å². The van der Waals surface area contributed by atoms with E-state index < -0.39 is 11.9 Å². The molecule has 0 aromatic carbocycles. The monoisotopic (exact) mass is 260 g/mol. The first kappa shape index (κ1) is 12.9.